The first-order valence-corrected chi connectivity index (χ1v) is 14.5. The highest BCUT2D eigenvalue weighted by Crippen LogP contribution is 2.29. The van der Waals surface area contributed by atoms with Gasteiger partial charge in [0.1, 0.15) is 5.75 Å². The van der Waals surface area contributed by atoms with Crippen molar-refractivity contribution in [2.24, 2.45) is 5.92 Å². The molecule has 1 fully saturated rings. The van der Waals surface area contributed by atoms with Gasteiger partial charge in [-0.2, -0.15) is 0 Å². The zero-order chi connectivity index (χ0) is 24.6. The highest BCUT2D eigenvalue weighted by molar-refractivity contribution is 6.20. The van der Waals surface area contributed by atoms with Crippen LogP contribution in [-0.4, -0.2) is 28.6 Å². The lowest BCUT2D eigenvalue weighted by atomic mass is 9.99. The smallest absolute Gasteiger partial charge is 0.159 e. The fraction of sp³-hybridized carbons (Fsp3) is 0.667. The van der Waals surface area contributed by atoms with E-state index in [1.807, 2.05) is 24.3 Å². The largest absolute Gasteiger partial charge is 0.494 e. The molecule has 2 aromatic rings. The van der Waals surface area contributed by atoms with Gasteiger partial charge in [0.05, 0.1) is 25.6 Å². The van der Waals surface area contributed by atoms with Crippen molar-refractivity contribution in [2.45, 2.75) is 109 Å². The van der Waals surface area contributed by atoms with Crippen molar-refractivity contribution in [3.05, 3.63) is 36.7 Å². The molecule has 1 aliphatic rings. The molecule has 5 heteroatoms. The van der Waals surface area contributed by atoms with E-state index in [1.165, 1.54) is 77.0 Å². The molecule has 1 heterocycles. The molecule has 0 amide bonds. The Morgan fingerprint density at radius 3 is 2.23 bits per heavy atom. The van der Waals surface area contributed by atoms with Crippen molar-refractivity contribution in [2.75, 3.05) is 13.2 Å². The highest BCUT2D eigenvalue weighted by atomic mass is 35.5. The van der Waals surface area contributed by atoms with Gasteiger partial charge in [-0.15, -0.1) is 11.6 Å². The quantitative estimate of drug-likeness (QED) is 0.151. The van der Waals surface area contributed by atoms with E-state index in [0.29, 0.717) is 12.4 Å². The van der Waals surface area contributed by atoms with E-state index in [1.54, 1.807) is 12.4 Å². The van der Waals surface area contributed by atoms with Crippen LogP contribution >= 0.6 is 11.6 Å². The van der Waals surface area contributed by atoms with Gasteiger partial charge in [-0.3, -0.25) is 0 Å². The van der Waals surface area contributed by atoms with Crippen LogP contribution in [0.2, 0.25) is 0 Å². The van der Waals surface area contributed by atoms with Crippen LogP contribution < -0.4 is 9.47 Å². The number of benzene rings is 1. The maximum absolute atomic E-state index is 6.38. The van der Waals surface area contributed by atoms with Crippen LogP contribution in [0.5, 0.6) is 11.5 Å². The van der Waals surface area contributed by atoms with Gasteiger partial charge in [-0.05, 0) is 49.4 Å². The maximum atomic E-state index is 6.38. The minimum atomic E-state index is 0.196. The fourth-order valence-electron chi connectivity index (χ4n) is 4.86. The Kier molecular flexibility index (Phi) is 13.3. The molecule has 3 rings (SSSR count). The van der Waals surface area contributed by atoms with Crippen molar-refractivity contribution in [1.82, 2.24) is 9.97 Å². The summed E-state index contributed by atoms with van der Waals surface area (Å²) in [6.45, 7) is 3.59. The topological polar surface area (TPSA) is 44.2 Å². The SMILES string of the molecule is CCCCC[C@H](Cl)CCOc1ccc(-c2ncc(OCCCCCCCC3CCCC3)cn2)cc1. The van der Waals surface area contributed by atoms with Gasteiger partial charge in [0.2, 0.25) is 0 Å². The predicted molar refractivity (Wildman–Crippen MR) is 147 cm³/mol. The van der Waals surface area contributed by atoms with E-state index >= 15 is 0 Å². The minimum absolute atomic E-state index is 0.196. The van der Waals surface area contributed by atoms with Crippen molar-refractivity contribution in [1.29, 1.82) is 0 Å². The minimum Gasteiger partial charge on any atom is -0.494 e. The molecule has 1 saturated carbocycles. The van der Waals surface area contributed by atoms with E-state index in [0.717, 1.165) is 48.8 Å². The lowest BCUT2D eigenvalue weighted by molar-refractivity contribution is 0.301. The van der Waals surface area contributed by atoms with Crippen LogP contribution in [0.1, 0.15) is 103 Å². The average Bonchev–Trinajstić information content (AvgIpc) is 3.40. The third kappa shape index (κ3) is 11.2. The number of unbranched alkanes of at least 4 members (excludes halogenated alkanes) is 6. The van der Waals surface area contributed by atoms with Crippen molar-refractivity contribution < 1.29 is 9.47 Å². The van der Waals surface area contributed by atoms with Crippen LogP contribution in [0.3, 0.4) is 0 Å². The molecule has 194 valence electrons. The second kappa shape index (κ2) is 16.8. The number of halogens is 1. The molecule has 0 bridgehead atoms. The third-order valence-corrected chi connectivity index (χ3v) is 7.50. The standard InChI is InChI=1S/C30H45ClN2O2/c1-2-3-7-15-27(31)20-22-35-28-18-16-26(17-19-28)30-32-23-29(24-33-30)34-21-11-6-4-5-8-12-25-13-9-10-14-25/h16-19,23-25,27H,2-15,20-22H2,1H3/t27-/m0/s1. The molecule has 1 aromatic heterocycles. The van der Waals surface area contributed by atoms with Crippen molar-refractivity contribution >= 4 is 11.6 Å². The van der Waals surface area contributed by atoms with E-state index < -0.39 is 0 Å². The van der Waals surface area contributed by atoms with Gasteiger partial charge in [0.25, 0.3) is 0 Å². The Balaban J connectivity index is 1.27. The monoisotopic (exact) mass is 500 g/mol. The van der Waals surface area contributed by atoms with Gasteiger partial charge in [0.15, 0.2) is 11.6 Å². The third-order valence-electron chi connectivity index (χ3n) is 7.06. The predicted octanol–water partition coefficient (Wildman–Crippen LogP) is 9.01. The first-order valence-electron chi connectivity index (χ1n) is 14.1. The number of alkyl halides is 1. The number of ether oxygens (including phenoxy) is 2. The Labute approximate surface area is 218 Å². The van der Waals surface area contributed by atoms with Crippen LogP contribution in [-0.2, 0) is 0 Å². The summed E-state index contributed by atoms with van der Waals surface area (Å²) in [5, 5.41) is 0.196. The number of hydrogen-bond acceptors (Lipinski definition) is 4. The van der Waals surface area contributed by atoms with Crippen LogP contribution in [0, 0.1) is 5.92 Å². The summed E-state index contributed by atoms with van der Waals surface area (Å²) < 4.78 is 11.7. The summed E-state index contributed by atoms with van der Waals surface area (Å²) in [6.07, 6.45) is 22.9. The Morgan fingerprint density at radius 1 is 0.800 bits per heavy atom. The maximum Gasteiger partial charge on any atom is 0.159 e. The lowest BCUT2D eigenvalue weighted by Crippen LogP contribution is -2.06. The first-order chi connectivity index (χ1) is 17.2. The molecule has 35 heavy (non-hydrogen) atoms. The summed E-state index contributed by atoms with van der Waals surface area (Å²) in [5.74, 6) is 3.32. The number of nitrogens with zero attached hydrogens (tertiary/aromatic N) is 2. The summed E-state index contributed by atoms with van der Waals surface area (Å²) in [6, 6.07) is 7.93. The molecule has 1 atom stereocenters. The zero-order valence-corrected chi connectivity index (χ0v) is 22.5. The van der Waals surface area contributed by atoms with Crippen molar-refractivity contribution in [3.63, 3.8) is 0 Å². The Bertz CT molecular complexity index is 791. The molecule has 0 aliphatic heterocycles. The molecule has 0 unspecified atom stereocenters. The molecular weight excluding hydrogens is 456 g/mol. The summed E-state index contributed by atoms with van der Waals surface area (Å²) >= 11 is 6.38. The van der Waals surface area contributed by atoms with Gasteiger partial charge >= 0.3 is 0 Å². The molecule has 0 N–H and O–H groups in total. The molecule has 0 saturated heterocycles. The number of hydrogen-bond donors (Lipinski definition) is 0. The van der Waals surface area contributed by atoms with Gasteiger partial charge < -0.3 is 9.47 Å². The molecule has 1 aromatic carbocycles. The van der Waals surface area contributed by atoms with Gasteiger partial charge in [-0.25, -0.2) is 9.97 Å². The molecular formula is C30H45ClN2O2. The van der Waals surface area contributed by atoms with Crippen LogP contribution in [0.15, 0.2) is 36.7 Å². The van der Waals surface area contributed by atoms with E-state index in [2.05, 4.69) is 16.9 Å². The molecule has 0 radical (unpaired) electrons. The number of aromatic nitrogens is 2. The average molecular weight is 501 g/mol. The molecule has 0 spiro atoms. The first kappa shape index (κ1) is 27.8. The fourth-order valence-corrected chi connectivity index (χ4v) is 5.10. The summed E-state index contributed by atoms with van der Waals surface area (Å²) in [5.41, 5.74) is 0.969. The second-order valence-corrected chi connectivity index (χ2v) is 10.7. The molecule has 4 nitrogen and oxygen atoms in total. The number of rotatable bonds is 18. The van der Waals surface area contributed by atoms with E-state index in [4.69, 9.17) is 21.1 Å². The van der Waals surface area contributed by atoms with E-state index in [-0.39, 0.29) is 5.38 Å². The van der Waals surface area contributed by atoms with E-state index in [9.17, 15) is 0 Å². The Hall–Kier alpha value is -1.81. The normalized spacial score (nSPS) is 14.8. The van der Waals surface area contributed by atoms with Crippen LogP contribution in [0.4, 0.5) is 0 Å². The summed E-state index contributed by atoms with van der Waals surface area (Å²) in [7, 11) is 0. The second-order valence-electron chi connectivity index (χ2n) is 10.1. The van der Waals surface area contributed by atoms with Gasteiger partial charge in [-0.1, -0.05) is 84.0 Å². The Morgan fingerprint density at radius 2 is 1.49 bits per heavy atom. The van der Waals surface area contributed by atoms with Gasteiger partial charge in [0, 0.05) is 10.9 Å². The lowest BCUT2D eigenvalue weighted by Gasteiger charge is -2.11. The van der Waals surface area contributed by atoms with Crippen LogP contribution in [0.25, 0.3) is 11.4 Å². The van der Waals surface area contributed by atoms with Crippen molar-refractivity contribution in [3.8, 4) is 22.9 Å². The highest BCUT2D eigenvalue weighted by Gasteiger charge is 2.13. The molecule has 1 aliphatic carbocycles. The zero-order valence-electron chi connectivity index (χ0n) is 21.7. The summed E-state index contributed by atoms with van der Waals surface area (Å²) in [4.78, 5) is 8.96.